The van der Waals surface area contributed by atoms with E-state index in [1.807, 2.05) is 0 Å². The molecule has 1 amide bonds. The van der Waals surface area contributed by atoms with Crippen molar-refractivity contribution in [1.29, 1.82) is 0 Å². The van der Waals surface area contributed by atoms with Crippen LogP contribution in [0.25, 0.3) is 0 Å². The maximum absolute atomic E-state index is 12.7. The van der Waals surface area contributed by atoms with Gasteiger partial charge >= 0.3 is 5.51 Å². The van der Waals surface area contributed by atoms with Gasteiger partial charge in [0, 0.05) is 24.5 Å². The molecule has 0 spiro atoms. The summed E-state index contributed by atoms with van der Waals surface area (Å²) in [5, 5.41) is 2.69. The molecule has 0 saturated carbocycles. The summed E-state index contributed by atoms with van der Waals surface area (Å²) in [6, 6.07) is 13.8. The van der Waals surface area contributed by atoms with Crippen molar-refractivity contribution in [3.05, 3.63) is 60.2 Å². The Kier molecular flexibility index (Phi) is 7.10. The molecule has 5 nitrogen and oxygen atoms in total. The number of thioether (sulfide) groups is 1. The van der Waals surface area contributed by atoms with E-state index in [0.29, 0.717) is 25.9 Å². The number of nitrogens with zero attached hydrogens (tertiary/aromatic N) is 1. The van der Waals surface area contributed by atoms with Gasteiger partial charge in [0.25, 0.3) is 5.91 Å². The zero-order valence-corrected chi connectivity index (χ0v) is 17.6. The Hall–Kier alpha value is -2.04. The SMILES string of the molecule is O=C(NCC1CCN(S(=O)(=O)c2ccccc2)CC1)c1ccccc1SC(F)(F)F. The average Bonchev–Trinajstić information content (AvgIpc) is 2.72. The summed E-state index contributed by atoms with van der Waals surface area (Å²) in [4.78, 5) is 12.5. The summed E-state index contributed by atoms with van der Waals surface area (Å²) in [7, 11) is -3.55. The van der Waals surface area contributed by atoms with E-state index in [4.69, 9.17) is 0 Å². The Morgan fingerprint density at radius 2 is 1.63 bits per heavy atom. The largest absolute Gasteiger partial charge is 0.446 e. The van der Waals surface area contributed by atoms with Crippen LogP contribution in [0.1, 0.15) is 23.2 Å². The first-order valence-electron chi connectivity index (χ1n) is 9.35. The number of halogens is 3. The van der Waals surface area contributed by atoms with Crippen molar-refractivity contribution in [1.82, 2.24) is 9.62 Å². The van der Waals surface area contributed by atoms with E-state index in [2.05, 4.69) is 5.32 Å². The quantitative estimate of drug-likeness (QED) is 0.661. The number of carbonyl (C=O) groups is 1. The van der Waals surface area contributed by atoms with Crippen LogP contribution in [-0.4, -0.2) is 43.8 Å². The topological polar surface area (TPSA) is 66.5 Å². The fraction of sp³-hybridized carbons (Fsp3) is 0.350. The molecule has 0 bridgehead atoms. The van der Waals surface area contributed by atoms with Gasteiger partial charge in [-0.3, -0.25) is 4.79 Å². The van der Waals surface area contributed by atoms with Crippen LogP contribution in [0.5, 0.6) is 0 Å². The molecule has 1 saturated heterocycles. The number of benzene rings is 2. The van der Waals surface area contributed by atoms with Crippen molar-refractivity contribution in [2.24, 2.45) is 5.92 Å². The highest BCUT2D eigenvalue weighted by Gasteiger charge is 2.32. The lowest BCUT2D eigenvalue weighted by Crippen LogP contribution is -2.41. The van der Waals surface area contributed by atoms with E-state index in [-0.39, 0.29) is 39.6 Å². The van der Waals surface area contributed by atoms with E-state index in [9.17, 15) is 26.4 Å². The number of hydrogen-bond acceptors (Lipinski definition) is 4. The van der Waals surface area contributed by atoms with Gasteiger partial charge in [-0.1, -0.05) is 30.3 Å². The predicted octanol–water partition coefficient (Wildman–Crippen LogP) is 4.13. The van der Waals surface area contributed by atoms with Crippen molar-refractivity contribution in [3.63, 3.8) is 0 Å². The Balaban J connectivity index is 1.55. The highest BCUT2D eigenvalue weighted by molar-refractivity contribution is 8.00. The number of amides is 1. The molecule has 162 valence electrons. The number of hydrogen-bond donors (Lipinski definition) is 1. The van der Waals surface area contributed by atoms with Crippen LogP contribution < -0.4 is 5.32 Å². The lowest BCUT2D eigenvalue weighted by atomic mass is 9.98. The number of sulfonamides is 1. The molecule has 0 atom stereocenters. The van der Waals surface area contributed by atoms with E-state index >= 15 is 0 Å². The van der Waals surface area contributed by atoms with Gasteiger partial charge in [0.2, 0.25) is 10.0 Å². The molecule has 0 aromatic heterocycles. The molecule has 2 aromatic carbocycles. The Morgan fingerprint density at radius 3 is 2.27 bits per heavy atom. The van der Waals surface area contributed by atoms with E-state index in [0.717, 1.165) is 0 Å². The van der Waals surface area contributed by atoms with E-state index < -0.39 is 21.4 Å². The number of piperidine rings is 1. The number of nitrogens with one attached hydrogen (secondary N) is 1. The molecule has 0 unspecified atom stereocenters. The molecular formula is C20H21F3N2O3S2. The van der Waals surface area contributed by atoms with Crippen LogP contribution in [0.4, 0.5) is 13.2 Å². The van der Waals surface area contributed by atoms with Crippen molar-refractivity contribution in [2.45, 2.75) is 28.1 Å². The van der Waals surface area contributed by atoms with Gasteiger partial charge in [-0.05, 0) is 54.8 Å². The molecule has 3 rings (SSSR count). The number of carbonyl (C=O) groups excluding carboxylic acids is 1. The van der Waals surface area contributed by atoms with Crippen LogP contribution in [0, 0.1) is 5.92 Å². The summed E-state index contributed by atoms with van der Waals surface area (Å²) < 4.78 is 64.8. The molecule has 0 radical (unpaired) electrons. The normalized spacial score (nSPS) is 16.4. The predicted molar refractivity (Wildman–Crippen MR) is 109 cm³/mol. The maximum Gasteiger partial charge on any atom is 0.446 e. The second-order valence-corrected chi connectivity index (χ2v) is 9.96. The van der Waals surface area contributed by atoms with Crippen LogP contribution in [-0.2, 0) is 10.0 Å². The summed E-state index contributed by atoms with van der Waals surface area (Å²) in [6.45, 7) is 0.944. The summed E-state index contributed by atoms with van der Waals surface area (Å²) in [6.07, 6.45) is 1.12. The van der Waals surface area contributed by atoms with Crippen molar-refractivity contribution >= 4 is 27.7 Å². The lowest BCUT2D eigenvalue weighted by Gasteiger charge is -2.31. The van der Waals surface area contributed by atoms with Gasteiger partial charge in [-0.2, -0.15) is 17.5 Å². The van der Waals surface area contributed by atoms with Gasteiger partial charge in [-0.15, -0.1) is 0 Å². The first-order valence-corrected chi connectivity index (χ1v) is 11.6. The molecule has 10 heteroatoms. The number of alkyl halides is 3. The van der Waals surface area contributed by atoms with Gasteiger partial charge in [0.1, 0.15) is 0 Å². The smallest absolute Gasteiger partial charge is 0.352 e. The van der Waals surface area contributed by atoms with Gasteiger partial charge in [0.15, 0.2) is 0 Å². The maximum atomic E-state index is 12.7. The highest BCUT2D eigenvalue weighted by atomic mass is 32.2. The van der Waals surface area contributed by atoms with Crippen molar-refractivity contribution in [2.75, 3.05) is 19.6 Å². The molecular weight excluding hydrogens is 437 g/mol. The van der Waals surface area contributed by atoms with Crippen LogP contribution in [0.2, 0.25) is 0 Å². The fourth-order valence-corrected chi connectivity index (χ4v) is 5.45. The second-order valence-electron chi connectivity index (χ2n) is 6.91. The zero-order valence-electron chi connectivity index (χ0n) is 15.9. The minimum Gasteiger partial charge on any atom is -0.352 e. The van der Waals surface area contributed by atoms with Crippen LogP contribution in [0.3, 0.4) is 0 Å². The monoisotopic (exact) mass is 458 g/mol. The minimum atomic E-state index is -4.48. The first kappa shape index (κ1) is 22.6. The standard InChI is InChI=1S/C20H21F3N2O3S2/c21-20(22,23)29-18-9-5-4-8-17(18)19(26)24-14-15-10-12-25(13-11-15)30(27,28)16-6-2-1-3-7-16/h1-9,15H,10-14H2,(H,24,26). The summed E-state index contributed by atoms with van der Waals surface area (Å²) >= 11 is -0.316. The lowest BCUT2D eigenvalue weighted by molar-refractivity contribution is -0.0328. The zero-order chi connectivity index (χ0) is 21.8. The first-order chi connectivity index (χ1) is 14.2. The van der Waals surface area contributed by atoms with Gasteiger partial charge in [-0.25, -0.2) is 8.42 Å². The molecule has 2 aromatic rings. The van der Waals surface area contributed by atoms with Crippen molar-refractivity contribution in [3.8, 4) is 0 Å². The van der Waals surface area contributed by atoms with Gasteiger partial charge in [0.05, 0.1) is 10.5 Å². The van der Waals surface area contributed by atoms with E-state index in [1.54, 1.807) is 30.3 Å². The summed E-state index contributed by atoms with van der Waals surface area (Å²) in [5.74, 6) is -0.514. The summed E-state index contributed by atoms with van der Waals surface area (Å²) in [5.41, 5.74) is -4.50. The highest BCUT2D eigenvalue weighted by Crippen LogP contribution is 2.38. The molecule has 1 fully saturated rings. The van der Waals surface area contributed by atoms with Gasteiger partial charge < -0.3 is 5.32 Å². The Morgan fingerprint density at radius 1 is 1.03 bits per heavy atom. The molecule has 30 heavy (non-hydrogen) atoms. The third kappa shape index (κ3) is 5.77. The third-order valence-electron chi connectivity index (χ3n) is 4.86. The Labute approximate surface area is 177 Å². The van der Waals surface area contributed by atoms with Crippen LogP contribution in [0.15, 0.2) is 64.4 Å². The fourth-order valence-electron chi connectivity index (χ4n) is 3.30. The minimum absolute atomic E-state index is 0.0242. The van der Waals surface area contributed by atoms with Crippen molar-refractivity contribution < 1.29 is 26.4 Å². The van der Waals surface area contributed by atoms with Crippen LogP contribution >= 0.6 is 11.8 Å². The molecule has 1 heterocycles. The van der Waals surface area contributed by atoms with E-state index in [1.165, 1.54) is 28.6 Å². The molecule has 1 aliphatic rings. The average molecular weight is 459 g/mol. The molecule has 1 N–H and O–H groups in total. The molecule has 0 aliphatic carbocycles. The second kappa shape index (κ2) is 9.40. The number of rotatable bonds is 6. The molecule has 1 aliphatic heterocycles. The third-order valence-corrected chi connectivity index (χ3v) is 7.58. The Bertz CT molecular complexity index is 974.